The van der Waals surface area contributed by atoms with Crippen LogP contribution in [0.3, 0.4) is 0 Å². The van der Waals surface area contributed by atoms with Gasteiger partial charge in [0.05, 0.1) is 5.39 Å². The van der Waals surface area contributed by atoms with Gasteiger partial charge in [0.15, 0.2) is 11.2 Å². The van der Waals surface area contributed by atoms with E-state index in [9.17, 15) is 9.18 Å². The fourth-order valence-electron chi connectivity index (χ4n) is 3.76. The van der Waals surface area contributed by atoms with Crippen molar-refractivity contribution in [3.8, 4) is 0 Å². The first kappa shape index (κ1) is 31.1. The minimum Gasteiger partial charge on any atom is -0.436 e. The van der Waals surface area contributed by atoms with Crippen molar-refractivity contribution in [3.63, 3.8) is 0 Å². The number of aryl methyl sites for hydroxylation is 1. The Balaban J connectivity index is 0.00000148. The summed E-state index contributed by atoms with van der Waals surface area (Å²) in [5.74, 6) is -0.986. The van der Waals surface area contributed by atoms with E-state index in [-0.39, 0.29) is 51.6 Å². The van der Waals surface area contributed by atoms with E-state index < -0.39 is 11.6 Å². The van der Waals surface area contributed by atoms with Crippen molar-refractivity contribution in [1.82, 2.24) is 9.58 Å². The first-order valence-electron chi connectivity index (χ1n) is 9.94. The number of hydrogen-bond donors (Lipinski definition) is 2. The summed E-state index contributed by atoms with van der Waals surface area (Å²) in [5.41, 5.74) is 2.99. The Kier molecular flexibility index (Phi) is 14.7. The fourth-order valence-corrected chi connectivity index (χ4v) is 3.76. The first-order chi connectivity index (χ1) is 14.8. The smallest absolute Gasteiger partial charge is 0.436 e. The molecule has 0 bridgehead atoms. The van der Waals surface area contributed by atoms with E-state index in [0.29, 0.717) is 24.6 Å². The number of benzene rings is 1. The molecular weight excluding hydrogens is 465 g/mol. The normalized spacial score (nSPS) is 14.8. The number of hydrogen-bond acceptors (Lipinski definition) is 7. The Morgan fingerprint density at radius 3 is 2.53 bits per heavy atom. The van der Waals surface area contributed by atoms with Crippen LogP contribution in [0.25, 0.3) is 10.9 Å². The minimum atomic E-state index is -0.684. The monoisotopic (exact) mass is 496 g/mol. The molecule has 1 saturated heterocycles. The number of pyridine rings is 1. The van der Waals surface area contributed by atoms with Gasteiger partial charge in [-0.2, -0.15) is 4.70 Å². The molecule has 1 aliphatic heterocycles. The van der Waals surface area contributed by atoms with Gasteiger partial charge in [-0.15, -0.1) is 0 Å². The summed E-state index contributed by atoms with van der Waals surface area (Å²) in [7, 11) is 4.69. The second-order valence-corrected chi connectivity index (χ2v) is 7.97. The number of anilines is 1. The van der Waals surface area contributed by atoms with Crippen molar-refractivity contribution in [2.24, 2.45) is 5.92 Å². The third kappa shape index (κ3) is 7.31. The molecule has 0 amide bonds. The van der Waals surface area contributed by atoms with Crippen molar-refractivity contribution < 1.29 is 43.4 Å². The number of aliphatic hydroxyl groups is 1. The van der Waals surface area contributed by atoms with Crippen LogP contribution in [-0.2, 0) is 12.6 Å². The van der Waals surface area contributed by atoms with Crippen LogP contribution in [0.15, 0.2) is 17.1 Å². The van der Waals surface area contributed by atoms with Gasteiger partial charge in [-0.1, -0.05) is 6.92 Å². The zero-order chi connectivity index (χ0) is 23.7. The van der Waals surface area contributed by atoms with Gasteiger partial charge in [0, 0.05) is 45.6 Å². The number of fused-ring (bicyclic) bond motifs is 1. The van der Waals surface area contributed by atoms with Crippen LogP contribution >= 0.6 is 12.2 Å². The number of nitrogens with zero attached hydrogens (tertiary/aromatic N) is 3. The van der Waals surface area contributed by atoms with Crippen molar-refractivity contribution in [2.45, 2.75) is 20.3 Å². The van der Waals surface area contributed by atoms with Crippen LogP contribution in [0.5, 0.6) is 0 Å². The second-order valence-electron chi connectivity index (χ2n) is 7.20. The molecule has 1 unspecified atom stereocenters. The molecule has 0 spiro atoms. The Bertz CT molecular complexity index is 946. The summed E-state index contributed by atoms with van der Waals surface area (Å²) in [4.78, 5) is 16.3. The molecular formula is C21H31F2N4NaO2S2. The van der Waals surface area contributed by atoms with E-state index in [2.05, 4.69) is 42.1 Å². The van der Waals surface area contributed by atoms with Crippen LogP contribution in [-0.4, -0.2) is 66.8 Å². The van der Waals surface area contributed by atoms with Gasteiger partial charge < -0.3 is 45.2 Å². The van der Waals surface area contributed by atoms with E-state index in [1.807, 2.05) is 7.05 Å². The largest absolute Gasteiger partial charge is 1.00 e. The molecule has 1 atom stereocenters. The van der Waals surface area contributed by atoms with Gasteiger partial charge in [-0.25, -0.2) is 8.78 Å². The molecule has 2 heterocycles. The summed E-state index contributed by atoms with van der Waals surface area (Å²) < 4.78 is 32.7. The Morgan fingerprint density at radius 1 is 1.41 bits per heavy atom. The average molecular weight is 497 g/mol. The van der Waals surface area contributed by atoms with Gasteiger partial charge in [0.2, 0.25) is 0 Å². The molecule has 174 valence electrons. The summed E-state index contributed by atoms with van der Waals surface area (Å²) in [5, 5.41) is 7.06. The molecule has 3 rings (SSSR count). The number of nitrogens with one attached hydrogen (secondary N) is 1. The third-order valence-corrected chi connectivity index (χ3v) is 5.29. The van der Waals surface area contributed by atoms with E-state index in [1.54, 1.807) is 25.1 Å². The molecule has 1 fully saturated rings. The predicted molar refractivity (Wildman–Crippen MR) is 131 cm³/mol. The van der Waals surface area contributed by atoms with E-state index in [4.69, 9.17) is 5.11 Å². The molecule has 2 aromatic rings. The summed E-state index contributed by atoms with van der Waals surface area (Å²) >= 11 is 8.17. The molecule has 2 N–H and O–H groups in total. The first-order valence-corrected chi connectivity index (χ1v) is 10.9. The van der Waals surface area contributed by atoms with E-state index in [0.717, 1.165) is 26.6 Å². The number of aliphatic hydroxyl groups excluding tert-OH is 1. The van der Waals surface area contributed by atoms with Gasteiger partial charge in [-0.05, 0) is 38.9 Å². The van der Waals surface area contributed by atoms with Crippen LogP contribution in [0.2, 0.25) is 0 Å². The Labute approximate surface area is 221 Å². The summed E-state index contributed by atoms with van der Waals surface area (Å²) in [6, 6.07) is 1.17. The zero-order valence-corrected chi connectivity index (χ0v) is 23.2. The molecule has 11 heteroatoms. The number of rotatable bonds is 5. The van der Waals surface area contributed by atoms with Crippen molar-refractivity contribution in [1.29, 1.82) is 0 Å². The van der Waals surface area contributed by atoms with Gasteiger partial charge >= 0.3 is 29.6 Å². The number of aromatic nitrogens is 1. The number of thiocarbonyl (C=S) groups is 1. The van der Waals surface area contributed by atoms with Crippen LogP contribution in [0.4, 0.5) is 14.5 Å². The molecule has 1 aromatic heterocycles. The van der Waals surface area contributed by atoms with E-state index in [1.165, 1.54) is 15.4 Å². The predicted octanol–water partition coefficient (Wildman–Crippen LogP) is -0.358. The molecule has 0 aliphatic carbocycles. The standard InChI is InChI=1S/C19H26F2N4O.CH4O.CH2S2.Na/c1-5-23(4)10-13-6-7-24(11-13)18-15(20)8-14-17(16(18)21)25(22-3)9-12(2)19(14)26;1-2;2-1-3;/h8-9,13,22H,5-7,10-11H2,1-4H3;2H,1H3;1H,(H,2,3);/q;;;+1/p-1. The average Bonchev–Trinajstić information content (AvgIpc) is 3.20. The molecule has 0 saturated carbocycles. The van der Waals surface area contributed by atoms with Crippen molar-refractivity contribution in [2.75, 3.05) is 57.7 Å². The van der Waals surface area contributed by atoms with Gasteiger partial charge in [0.1, 0.15) is 17.0 Å². The SMILES string of the molecule is CCN(C)CC1CCN(c2c(F)cc3c(=O)c(C)cn(NC)c3c2F)C1.CO.S=C[S-].[Na+]. The van der Waals surface area contributed by atoms with Gasteiger partial charge in [0.25, 0.3) is 0 Å². The van der Waals surface area contributed by atoms with Crippen molar-refractivity contribution >= 4 is 46.1 Å². The van der Waals surface area contributed by atoms with Crippen molar-refractivity contribution in [3.05, 3.63) is 39.7 Å². The molecule has 0 radical (unpaired) electrons. The summed E-state index contributed by atoms with van der Waals surface area (Å²) in [6.45, 7) is 6.80. The van der Waals surface area contributed by atoms with E-state index >= 15 is 4.39 Å². The second kappa shape index (κ2) is 15.1. The molecule has 1 aliphatic rings. The van der Waals surface area contributed by atoms with Gasteiger partial charge in [-0.3, -0.25) is 9.47 Å². The molecule has 6 nitrogen and oxygen atoms in total. The topological polar surface area (TPSA) is 60.7 Å². The number of halogens is 2. The van der Waals surface area contributed by atoms with Crippen LogP contribution in [0.1, 0.15) is 18.9 Å². The maximum atomic E-state index is 15.3. The zero-order valence-electron chi connectivity index (χ0n) is 19.6. The molecule has 32 heavy (non-hydrogen) atoms. The van der Waals surface area contributed by atoms with Crippen LogP contribution < -0.4 is 45.3 Å². The van der Waals surface area contributed by atoms with Crippen LogP contribution in [0, 0.1) is 24.5 Å². The molecule has 1 aromatic carbocycles. The summed E-state index contributed by atoms with van der Waals surface area (Å²) in [6.07, 6.45) is 2.44. The fraction of sp³-hybridized carbons (Fsp3) is 0.524. The third-order valence-electron chi connectivity index (χ3n) is 5.29. The maximum Gasteiger partial charge on any atom is 1.00 e. The quantitative estimate of drug-likeness (QED) is 0.333. The minimum absolute atomic E-state index is 0. The Morgan fingerprint density at radius 2 is 2.00 bits per heavy atom. The maximum absolute atomic E-state index is 15.3. The Hall–Kier alpha value is -0.880.